The van der Waals surface area contributed by atoms with Crippen molar-refractivity contribution in [2.45, 2.75) is 90.9 Å². The van der Waals surface area contributed by atoms with Gasteiger partial charge in [0.1, 0.15) is 5.75 Å². The van der Waals surface area contributed by atoms with Gasteiger partial charge in [-0.3, -0.25) is 9.78 Å². The second-order valence-electron chi connectivity index (χ2n) is 8.83. The Balaban J connectivity index is 1.66. The summed E-state index contributed by atoms with van der Waals surface area (Å²) in [5, 5.41) is 0. The molecule has 4 nitrogen and oxygen atoms in total. The van der Waals surface area contributed by atoms with Crippen molar-refractivity contribution in [1.82, 2.24) is 4.98 Å². The number of allylic oxidation sites excluding steroid dienone is 2. The normalized spacial score (nSPS) is 11.2. The van der Waals surface area contributed by atoms with Crippen molar-refractivity contribution >= 4 is 5.97 Å². The van der Waals surface area contributed by atoms with Gasteiger partial charge in [0.2, 0.25) is 0 Å². The van der Waals surface area contributed by atoms with Crippen LogP contribution in [0, 0.1) is 0 Å². The molecule has 0 fully saturated rings. The molecule has 1 aromatic heterocycles. The molecule has 2 aromatic rings. The lowest BCUT2D eigenvalue weighted by Gasteiger charge is -2.07. The SMILES string of the molecule is CCCCC=CCCCCC(=O)Oc1ccc(-c2ccc(CCCCCOCCC)cc2)nc1. The lowest BCUT2D eigenvalue weighted by atomic mass is 10.0. The second kappa shape index (κ2) is 17.9. The highest BCUT2D eigenvalue weighted by molar-refractivity contribution is 5.72. The number of benzene rings is 1. The molecule has 4 heteroatoms. The first-order valence-electron chi connectivity index (χ1n) is 13.2. The Hall–Kier alpha value is -2.46. The number of hydrogen-bond acceptors (Lipinski definition) is 4. The second-order valence-corrected chi connectivity index (χ2v) is 8.83. The first-order chi connectivity index (χ1) is 16.7. The minimum atomic E-state index is -0.189. The van der Waals surface area contributed by atoms with E-state index in [1.807, 2.05) is 12.1 Å². The molecule has 0 aliphatic heterocycles. The van der Waals surface area contributed by atoms with Gasteiger partial charge in [-0.05, 0) is 69.1 Å². The summed E-state index contributed by atoms with van der Waals surface area (Å²) in [6.07, 6.45) is 18.8. The van der Waals surface area contributed by atoms with E-state index in [1.165, 1.54) is 31.2 Å². The number of esters is 1. The lowest BCUT2D eigenvalue weighted by molar-refractivity contribution is -0.134. The highest BCUT2D eigenvalue weighted by atomic mass is 16.5. The predicted octanol–water partition coefficient (Wildman–Crippen LogP) is 8.10. The van der Waals surface area contributed by atoms with E-state index in [1.54, 1.807) is 6.20 Å². The number of ether oxygens (including phenoxy) is 2. The maximum Gasteiger partial charge on any atom is 0.311 e. The van der Waals surface area contributed by atoms with Crippen LogP contribution < -0.4 is 4.74 Å². The van der Waals surface area contributed by atoms with E-state index in [0.717, 1.165) is 69.4 Å². The van der Waals surface area contributed by atoms with Crippen LogP contribution in [0.25, 0.3) is 11.3 Å². The number of nitrogens with zero attached hydrogens (tertiary/aromatic N) is 1. The number of rotatable bonds is 18. The summed E-state index contributed by atoms with van der Waals surface area (Å²) in [5.41, 5.74) is 3.30. The molecular weight excluding hydrogens is 422 g/mol. The maximum atomic E-state index is 12.1. The van der Waals surface area contributed by atoms with Crippen molar-refractivity contribution in [3.05, 3.63) is 60.3 Å². The molecule has 0 unspecified atom stereocenters. The summed E-state index contributed by atoms with van der Waals surface area (Å²) in [5.74, 6) is 0.318. The summed E-state index contributed by atoms with van der Waals surface area (Å²) in [6, 6.07) is 12.3. The first kappa shape index (κ1) is 27.8. The van der Waals surface area contributed by atoms with E-state index in [0.29, 0.717) is 12.2 Å². The van der Waals surface area contributed by atoms with Crippen LogP contribution in [0.15, 0.2) is 54.7 Å². The van der Waals surface area contributed by atoms with Gasteiger partial charge in [0.05, 0.1) is 11.9 Å². The Morgan fingerprint density at radius 3 is 2.32 bits per heavy atom. The third-order valence-electron chi connectivity index (χ3n) is 5.71. The largest absolute Gasteiger partial charge is 0.425 e. The van der Waals surface area contributed by atoms with Crippen LogP contribution in [0.3, 0.4) is 0 Å². The lowest BCUT2D eigenvalue weighted by Crippen LogP contribution is -2.07. The molecule has 0 N–H and O–H groups in total. The Labute approximate surface area is 206 Å². The zero-order valence-corrected chi connectivity index (χ0v) is 21.3. The fraction of sp³-hybridized carbons (Fsp3) is 0.533. The van der Waals surface area contributed by atoms with Crippen molar-refractivity contribution < 1.29 is 14.3 Å². The third-order valence-corrected chi connectivity index (χ3v) is 5.71. The molecule has 2 rings (SSSR count). The molecule has 0 amide bonds. The highest BCUT2D eigenvalue weighted by Crippen LogP contribution is 2.21. The summed E-state index contributed by atoms with van der Waals surface area (Å²) in [6.45, 7) is 6.09. The first-order valence-corrected chi connectivity index (χ1v) is 13.2. The van der Waals surface area contributed by atoms with E-state index in [2.05, 4.69) is 55.2 Å². The Bertz CT molecular complexity index is 812. The van der Waals surface area contributed by atoms with E-state index in [9.17, 15) is 4.79 Å². The van der Waals surface area contributed by atoms with Gasteiger partial charge in [-0.15, -0.1) is 0 Å². The summed E-state index contributed by atoms with van der Waals surface area (Å²) in [7, 11) is 0. The van der Waals surface area contributed by atoms with Crippen LogP contribution in [-0.2, 0) is 16.0 Å². The number of pyridine rings is 1. The standard InChI is InChI=1S/C30H43NO3/c1-3-5-6-7-8-9-10-13-16-30(32)34-28-21-22-29(31-25-28)27-19-17-26(18-20-27)15-12-11-14-24-33-23-4-2/h7-8,17-22,25H,3-6,9-16,23-24H2,1-2H3. The van der Waals surface area contributed by atoms with Gasteiger partial charge < -0.3 is 9.47 Å². The Morgan fingerprint density at radius 2 is 1.62 bits per heavy atom. The molecule has 0 saturated heterocycles. The molecule has 0 aliphatic carbocycles. The highest BCUT2D eigenvalue weighted by Gasteiger charge is 2.06. The maximum absolute atomic E-state index is 12.1. The molecule has 186 valence electrons. The van der Waals surface area contributed by atoms with E-state index < -0.39 is 0 Å². The van der Waals surface area contributed by atoms with Gasteiger partial charge in [-0.1, -0.05) is 69.5 Å². The molecule has 1 heterocycles. The van der Waals surface area contributed by atoms with Crippen LogP contribution in [-0.4, -0.2) is 24.2 Å². The number of hydrogen-bond donors (Lipinski definition) is 0. The number of aromatic nitrogens is 1. The number of unbranched alkanes of at least 4 members (excludes halogenated alkanes) is 6. The van der Waals surface area contributed by atoms with Crippen molar-refractivity contribution in [1.29, 1.82) is 0 Å². The monoisotopic (exact) mass is 465 g/mol. The van der Waals surface area contributed by atoms with Gasteiger partial charge in [0.25, 0.3) is 0 Å². The van der Waals surface area contributed by atoms with Crippen LogP contribution in [0.5, 0.6) is 5.75 Å². The van der Waals surface area contributed by atoms with Gasteiger partial charge >= 0.3 is 5.97 Å². The zero-order chi connectivity index (χ0) is 24.3. The smallest absolute Gasteiger partial charge is 0.311 e. The number of aryl methyl sites for hydroxylation is 1. The quantitative estimate of drug-likeness (QED) is 0.127. The minimum absolute atomic E-state index is 0.189. The minimum Gasteiger partial charge on any atom is -0.425 e. The summed E-state index contributed by atoms with van der Waals surface area (Å²) >= 11 is 0. The predicted molar refractivity (Wildman–Crippen MR) is 141 cm³/mol. The average Bonchev–Trinajstić information content (AvgIpc) is 2.86. The van der Waals surface area contributed by atoms with Gasteiger partial charge in [0.15, 0.2) is 0 Å². The Morgan fingerprint density at radius 1 is 0.824 bits per heavy atom. The molecule has 0 saturated carbocycles. The topological polar surface area (TPSA) is 48.4 Å². The van der Waals surface area contributed by atoms with Gasteiger partial charge in [-0.2, -0.15) is 0 Å². The van der Waals surface area contributed by atoms with Crippen LogP contribution in [0.4, 0.5) is 0 Å². The molecule has 0 spiro atoms. The van der Waals surface area contributed by atoms with Crippen LogP contribution in [0.2, 0.25) is 0 Å². The van der Waals surface area contributed by atoms with E-state index in [4.69, 9.17) is 9.47 Å². The molecule has 1 aromatic carbocycles. The molecular formula is C30H43NO3. The zero-order valence-electron chi connectivity index (χ0n) is 21.3. The van der Waals surface area contributed by atoms with Crippen molar-refractivity contribution in [3.8, 4) is 17.0 Å². The van der Waals surface area contributed by atoms with Gasteiger partial charge in [-0.25, -0.2) is 0 Å². The summed E-state index contributed by atoms with van der Waals surface area (Å²) in [4.78, 5) is 16.6. The molecule has 34 heavy (non-hydrogen) atoms. The molecule has 0 atom stereocenters. The van der Waals surface area contributed by atoms with Crippen LogP contribution >= 0.6 is 0 Å². The van der Waals surface area contributed by atoms with E-state index >= 15 is 0 Å². The fourth-order valence-corrected chi connectivity index (χ4v) is 3.68. The molecule has 0 aliphatic rings. The van der Waals surface area contributed by atoms with Crippen molar-refractivity contribution in [2.75, 3.05) is 13.2 Å². The average molecular weight is 466 g/mol. The summed E-state index contributed by atoms with van der Waals surface area (Å²) < 4.78 is 11.0. The molecule has 0 bridgehead atoms. The third kappa shape index (κ3) is 12.1. The van der Waals surface area contributed by atoms with Gasteiger partial charge in [0, 0.05) is 25.2 Å². The Kier molecular flexibility index (Phi) is 14.7. The van der Waals surface area contributed by atoms with Crippen molar-refractivity contribution in [2.24, 2.45) is 0 Å². The fourth-order valence-electron chi connectivity index (χ4n) is 3.68. The van der Waals surface area contributed by atoms with Crippen LogP contribution in [0.1, 0.15) is 90.0 Å². The van der Waals surface area contributed by atoms with Crippen molar-refractivity contribution in [3.63, 3.8) is 0 Å². The number of carbonyl (C=O) groups excluding carboxylic acids is 1. The number of carbonyl (C=O) groups is 1. The van der Waals surface area contributed by atoms with E-state index in [-0.39, 0.29) is 5.97 Å². The molecule has 0 radical (unpaired) electrons.